The van der Waals surface area contributed by atoms with Gasteiger partial charge in [0.15, 0.2) is 0 Å². The minimum absolute atomic E-state index is 0.1000. The Morgan fingerprint density at radius 2 is 1.63 bits per heavy atom. The van der Waals surface area contributed by atoms with Gasteiger partial charge in [0.2, 0.25) is 17.7 Å². The molecule has 0 bridgehead atoms. The van der Waals surface area contributed by atoms with Crippen molar-refractivity contribution in [2.75, 3.05) is 21.2 Å². The maximum atomic E-state index is 12.6. The molecular weight excluding hydrogens is 350 g/mol. The Balaban J connectivity index is 4.92. The van der Waals surface area contributed by atoms with E-state index in [1.807, 2.05) is 13.8 Å². The van der Waals surface area contributed by atoms with Crippen molar-refractivity contribution in [3.63, 3.8) is 0 Å². The number of carbonyl (C=O) groups is 4. The third-order valence-corrected chi connectivity index (χ3v) is 4.22. The van der Waals surface area contributed by atoms with Crippen LogP contribution in [0.15, 0.2) is 0 Å². The molecule has 0 radical (unpaired) electrons. The van der Waals surface area contributed by atoms with Crippen LogP contribution in [0.2, 0.25) is 0 Å². The van der Waals surface area contributed by atoms with E-state index >= 15 is 0 Å². The van der Waals surface area contributed by atoms with Crippen LogP contribution >= 0.6 is 0 Å². The minimum Gasteiger partial charge on any atom is -0.467 e. The molecule has 0 aliphatic carbocycles. The number of methoxy groups -OCH3 is 1. The molecule has 0 aliphatic rings. The Morgan fingerprint density at radius 1 is 1.00 bits per heavy atom. The minimum atomic E-state index is -0.940. The fourth-order valence-corrected chi connectivity index (χ4v) is 2.46. The molecule has 0 saturated carbocycles. The Bertz CT molecular complexity index is 506. The van der Waals surface area contributed by atoms with E-state index in [0.717, 1.165) is 19.3 Å². The van der Waals surface area contributed by atoms with Gasteiger partial charge in [-0.1, -0.05) is 33.6 Å². The Kier molecular flexibility index (Phi) is 12.1. The molecule has 0 aromatic rings. The van der Waals surface area contributed by atoms with Crippen LogP contribution in [0.25, 0.3) is 0 Å². The quantitative estimate of drug-likeness (QED) is 0.388. The Morgan fingerprint density at radius 3 is 2.11 bits per heavy atom. The fraction of sp³-hybridized carbons (Fsp3) is 0.789. The summed E-state index contributed by atoms with van der Waals surface area (Å²) >= 11 is 0. The van der Waals surface area contributed by atoms with E-state index < -0.39 is 24.0 Å². The number of ether oxygens (including phenoxy) is 1. The zero-order valence-electron chi connectivity index (χ0n) is 17.5. The van der Waals surface area contributed by atoms with Crippen molar-refractivity contribution in [1.29, 1.82) is 0 Å². The SMILES string of the molecule is CCCCCC(=O)N[C@H](C(=O)N[C@@H](CCC(=O)N(C)C)C(=O)OC)C(C)C. The molecule has 2 atom stereocenters. The van der Waals surface area contributed by atoms with Crippen molar-refractivity contribution in [3.05, 3.63) is 0 Å². The first-order valence-electron chi connectivity index (χ1n) is 9.51. The summed E-state index contributed by atoms with van der Waals surface area (Å²) in [5.74, 6) is -1.56. The summed E-state index contributed by atoms with van der Waals surface area (Å²) in [6, 6.07) is -1.69. The Labute approximate surface area is 162 Å². The van der Waals surface area contributed by atoms with Gasteiger partial charge in [-0.05, 0) is 18.8 Å². The summed E-state index contributed by atoms with van der Waals surface area (Å²) in [5, 5.41) is 5.36. The lowest BCUT2D eigenvalue weighted by molar-refractivity contribution is -0.146. The molecule has 3 amide bonds. The molecule has 0 aromatic carbocycles. The number of nitrogens with zero attached hydrogens (tertiary/aromatic N) is 1. The predicted molar refractivity (Wildman–Crippen MR) is 103 cm³/mol. The summed E-state index contributed by atoms with van der Waals surface area (Å²) in [5.41, 5.74) is 0. The van der Waals surface area contributed by atoms with E-state index in [-0.39, 0.29) is 30.6 Å². The van der Waals surface area contributed by atoms with Crippen molar-refractivity contribution in [2.24, 2.45) is 5.92 Å². The molecule has 0 heterocycles. The van der Waals surface area contributed by atoms with Gasteiger partial charge in [-0.3, -0.25) is 14.4 Å². The lowest BCUT2D eigenvalue weighted by Crippen LogP contribution is -2.54. The zero-order valence-corrected chi connectivity index (χ0v) is 17.5. The van der Waals surface area contributed by atoms with E-state index in [9.17, 15) is 19.2 Å². The number of carbonyl (C=O) groups excluding carboxylic acids is 4. The van der Waals surface area contributed by atoms with Crippen LogP contribution in [-0.4, -0.2) is 61.9 Å². The van der Waals surface area contributed by atoms with E-state index in [4.69, 9.17) is 4.74 Å². The van der Waals surface area contributed by atoms with Crippen molar-refractivity contribution < 1.29 is 23.9 Å². The van der Waals surface area contributed by atoms with Crippen LogP contribution in [0.1, 0.15) is 59.3 Å². The average molecular weight is 386 g/mol. The van der Waals surface area contributed by atoms with Crippen LogP contribution in [0.4, 0.5) is 0 Å². The summed E-state index contributed by atoms with van der Waals surface area (Å²) in [7, 11) is 4.47. The van der Waals surface area contributed by atoms with E-state index in [1.165, 1.54) is 12.0 Å². The third kappa shape index (κ3) is 9.96. The third-order valence-electron chi connectivity index (χ3n) is 4.22. The van der Waals surface area contributed by atoms with Crippen LogP contribution in [0.3, 0.4) is 0 Å². The monoisotopic (exact) mass is 385 g/mol. The molecule has 0 aromatic heterocycles. The van der Waals surface area contributed by atoms with E-state index in [1.54, 1.807) is 14.1 Å². The lowest BCUT2D eigenvalue weighted by Gasteiger charge is -2.25. The molecule has 156 valence electrons. The van der Waals surface area contributed by atoms with E-state index in [2.05, 4.69) is 17.6 Å². The summed E-state index contributed by atoms with van der Waals surface area (Å²) < 4.78 is 4.73. The van der Waals surface area contributed by atoms with E-state index in [0.29, 0.717) is 6.42 Å². The topological polar surface area (TPSA) is 105 Å². The van der Waals surface area contributed by atoms with Gasteiger partial charge in [-0.15, -0.1) is 0 Å². The molecule has 8 heteroatoms. The molecular formula is C19H35N3O5. The first-order chi connectivity index (χ1) is 12.6. The van der Waals surface area contributed by atoms with Gasteiger partial charge in [0, 0.05) is 26.9 Å². The van der Waals surface area contributed by atoms with Crippen molar-refractivity contribution in [1.82, 2.24) is 15.5 Å². The van der Waals surface area contributed by atoms with Gasteiger partial charge in [-0.25, -0.2) is 4.79 Å². The summed E-state index contributed by atoms with van der Waals surface area (Å²) in [6.07, 6.45) is 3.33. The highest BCUT2D eigenvalue weighted by Crippen LogP contribution is 2.08. The van der Waals surface area contributed by atoms with Crippen molar-refractivity contribution in [2.45, 2.75) is 71.4 Å². The molecule has 8 nitrogen and oxygen atoms in total. The summed E-state index contributed by atoms with van der Waals surface area (Å²) in [4.78, 5) is 49.9. The zero-order chi connectivity index (χ0) is 21.0. The first-order valence-corrected chi connectivity index (χ1v) is 9.51. The van der Waals surface area contributed by atoms with Gasteiger partial charge in [0.1, 0.15) is 12.1 Å². The number of esters is 1. The maximum absolute atomic E-state index is 12.6. The Hall–Kier alpha value is -2.12. The highest BCUT2D eigenvalue weighted by atomic mass is 16.5. The highest BCUT2D eigenvalue weighted by molar-refractivity contribution is 5.91. The number of unbranched alkanes of at least 4 members (excludes halogenated alkanes) is 2. The number of nitrogens with one attached hydrogen (secondary N) is 2. The second kappa shape index (κ2) is 13.1. The number of rotatable bonds is 12. The molecule has 0 saturated heterocycles. The number of hydrogen-bond donors (Lipinski definition) is 2. The van der Waals surface area contributed by atoms with Crippen LogP contribution in [0.5, 0.6) is 0 Å². The molecule has 0 fully saturated rings. The predicted octanol–water partition coefficient (Wildman–Crippen LogP) is 1.23. The number of hydrogen-bond acceptors (Lipinski definition) is 5. The van der Waals surface area contributed by atoms with Crippen LogP contribution in [0, 0.1) is 5.92 Å². The lowest BCUT2D eigenvalue weighted by atomic mass is 10.0. The fourth-order valence-electron chi connectivity index (χ4n) is 2.46. The second-order valence-corrected chi connectivity index (χ2v) is 7.16. The van der Waals surface area contributed by atoms with Gasteiger partial charge < -0.3 is 20.3 Å². The molecule has 0 aliphatic heterocycles. The van der Waals surface area contributed by atoms with Gasteiger partial charge >= 0.3 is 5.97 Å². The van der Waals surface area contributed by atoms with Gasteiger partial charge in [-0.2, -0.15) is 0 Å². The van der Waals surface area contributed by atoms with Gasteiger partial charge in [0.05, 0.1) is 7.11 Å². The smallest absolute Gasteiger partial charge is 0.328 e. The average Bonchev–Trinajstić information content (AvgIpc) is 2.61. The van der Waals surface area contributed by atoms with Crippen LogP contribution in [-0.2, 0) is 23.9 Å². The number of amides is 3. The second-order valence-electron chi connectivity index (χ2n) is 7.16. The van der Waals surface area contributed by atoms with Crippen molar-refractivity contribution >= 4 is 23.7 Å². The maximum Gasteiger partial charge on any atom is 0.328 e. The molecule has 0 spiro atoms. The molecule has 2 N–H and O–H groups in total. The van der Waals surface area contributed by atoms with Gasteiger partial charge in [0.25, 0.3) is 0 Å². The summed E-state index contributed by atoms with van der Waals surface area (Å²) in [6.45, 7) is 5.69. The van der Waals surface area contributed by atoms with Crippen LogP contribution < -0.4 is 10.6 Å². The first kappa shape index (κ1) is 24.9. The molecule has 0 rings (SSSR count). The molecule has 27 heavy (non-hydrogen) atoms. The normalized spacial score (nSPS) is 12.9. The highest BCUT2D eigenvalue weighted by Gasteiger charge is 2.29. The largest absolute Gasteiger partial charge is 0.467 e. The molecule has 0 unspecified atom stereocenters. The van der Waals surface area contributed by atoms with Crippen molar-refractivity contribution in [3.8, 4) is 0 Å². The standard InChI is InChI=1S/C19H35N3O5/c1-7-8-9-10-15(23)21-17(13(2)3)18(25)20-14(19(26)27-6)11-12-16(24)22(4)5/h13-14,17H,7-12H2,1-6H3,(H,20,25)(H,21,23)/t14-,17-/m0/s1.